The number of halogens is 1. The predicted octanol–water partition coefficient (Wildman–Crippen LogP) is 1.48. The molecule has 1 saturated heterocycles. The molecule has 2 rings (SSSR count). The number of piperidine rings is 1. The topological polar surface area (TPSA) is 63.2 Å². The van der Waals surface area contributed by atoms with Crippen LogP contribution in [0.3, 0.4) is 0 Å². The molecule has 1 aliphatic heterocycles. The average molecular weight is 287 g/mol. The van der Waals surface area contributed by atoms with Crippen molar-refractivity contribution in [2.24, 2.45) is 11.8 Å². The molecule has 0 saturated carbocycles. The van der Waals surface area contributed by atoms with E-state index >= 15 is 0 Å². The molecule has 0 aromatic carbocycles. The van der Waals surface area contributed by atoms with Gasteiger partial charge < -0.3 is 0 Å². The van der Waals surface area contributed by atoms with Gasteiger partial charge in [0.15, 0.2) is 0 Å². The van der Waals surface area contributed by atoms with Crippen LogP contribution in [0, 0.1) is 11.8 Å². The summed E-state index contributed by atoms with van der Waals surface area (Å²) in [5.74, 6) is 0.135. The molecule has 0 spiro atoms. The zero-order valence-electron chi connectivity index (χ0n) is 11.0. The second-order valence-electron chi connectivity index (χ2n) is 5.11. The summed E-state index contributed by atoms with van der Waals surface area (Å²) in [6.07, 6.45) is 2.14. The van der Waals surface area contributed by atoms with Gasteiger partial charge in [0.05, 0.1) is 0 Å². The molecule has 0 aliphatic carbocycles. The van der Waals surface area contributed by atoms with Gasteiger partial charge in [-0.15, -0.1) is 0 Å². The smallest absolute Gasteiger partial charge is 0.246 e. The highest BCUT2D eigenvalue weighted by molar-refractivity contribution is 7.88. The van der Waals surface area contributed by atoms with E-state index in [4.69, 9.17) is 0 Å². The second-order valence-corrected chi connectivity index (χ2v) is 6.94. The minimum Gasteiger partial charge on any atom is -0.246 e. The normalized spacial score (nSPS) is 25.7. The van der Waals surface area contributed by atoms with Crippen LogP contribution in [0.4, 0.5) is 4.39 Å². The first-order chi connectivity index (χ1) is 8.93. The number of alkyl halides is 1. The molecule has 1 aromatic rings. The van der Waals surface area contributed by atoms with Crippen molar-refractivity contribution in [2.75, 3.05) is 13.1 Å². The molecule has 7 heteroatoms. The fourth-order valence-electron chi connectivity index (χ4n) is 2.40. The zero-order chi connectivity index (χ0) is 14.0. The molecule has 2 atom stereocenters. The molecule has 0 amide bonds. The number of rotatable bonds is 3. The lowest BCUT2D eigenvalue weighted by Gasteiger charge is -2.35. The Kier molecular flexibility index (Phi) is 4.15. The first-order valence-corrected chi connectivity index (χ1v) is 7.78. The van der Waals surface area contributed by atoms with Gasteiger partial charge >= 0.3 is 0 Å². The van der Waals surface area contributed by atoms with Crippen LogP contribution in [0.2, 0.25) is 0 Å². The minimum absolute atomic E-state index is 0.0804. The van der Waals surface area contributed by atoms with Crippen molar-refractivity contribution in [1.29, 1.82) is 0 Å². The van der Waals surface area contributed by atoms with Crippen molar-refractivity contribution < 1.29 is 12.8 Å². The van der Waals surface area contributed by atoms with Gasteiger partial charge in [0.1, 0.15) is 6.17 Å². The monoisotopic (exact) mass is 287 g/mol. The Bertz CT molecular complexity index is 521. The molecule has 19 heavy (non-hydrogen) atoms. The Morgan fingerprint density at radius 1 is 1.37 bits per heavy atom. The summed E-state index contributed by atoms with van der Waals surface area (Å²) in [4.78, 5) is 7.48. The highest BCUT2D eigenvalue weighted by atomic mass is 32.2. The number of aromatic nitrogens is 2. The number of hydrogen-bond acceptors (Lipinski definition) is 4. The Morgan fingerprint density at radius 3 is 2.53 bits per heavy atom. The fourth-order valence-corrected chi connectivity index (χ4v) is 3.70. The molecule has 1 fully saturated rings. The summed E-state index contributed by atoms with van der Waals surface area (Å²) in [6, 6.07) is 1.54. The Labute approximate surface area is 112 Å². The van der Waals surface area contributed by atoms with E-state index in [1.165, 1.54) is 12.4 Å². The lowest BCUT2D eigenvalue weighted by atomic mass is 9.86. The van der Waals surface area contributed by atoms with Gasteiger partial charge in [0.2, 0.25) is 0 Å². The van der Waals surface area contributed by atoms with Gasteiger partial charge in [-0.1, -0.05) is 13.8 Å². The van der Waals surface area contributed by atoms with Crippen molar-refractivity contribution in [2.45, 2.75) is 31.6 Å². The summed E-state index contributed by atoms with van der Waals surface area (Å²) < 4.78 is 39.7. The molecular formula is C12H18FN3O2S. The molecular weight excluding hydrogens is 269 g/mol. The summed E-state index contributed by atoms with van der Waals surface area (Å²) in [6.45, 7) is 4.14. The molecule has 5 nitrogen and oxygen atoms in total. The highest BCUT2D eigenvalue weighted by Crippen LogP contribution is 2.29. The second kappa shape index (κ2) is 5.50. The molecule has 0 unspecified atom stereocenters. The van der Waals surface area contributed by atoms with Gasteiger partial charge in [-0.25, -0.2) is 22.8 Å². The maximum atomic E-state index is 14.0. The van der Waals surface area contributed by atoms with Crippen LogP contribution in [-0.2, 0) is 10.0 Å². The lowest BCUT2D eigenvalue weighted by molar-refractivity contribution is 0.101. The van der Waals surface area contributed by atoms with Crippen molar-refractivity contribution in [1.82, 2.24) is 14.3 Å². The van der Waals surface area contributed by atoms with Crippen molar-refractivity contribution in [3.05, 3.63) is 18.5 Å². The van der Waals surface area contributed by atoms with E-state index in [9.17, 15) is 12.8 Å². The minimum atomic E-state index is -3.77. The Balaban J connectivity index is 2.17. The third kappa shape index (κ3) is 2.92. The molecule has 1 aliphatic rings. The van der Waals surface area contributed by atoms with Crippen LogP contribution in [0.15, 0.2) is 23.6 Å². The van der Waals surface area contributed by atoms with E-state index in [1.807, 2.05) is 13.8 Å². The SMILES string of the molecule is CC(C)[C@H]1CCN(S(=O)(=O)c2ncccn2)C[C@@H]1F. The maximum absolute atomic E-state index is 14.0. The highest BCUT2D eigenvalue weighted by Gasteiger charge is 2.37. The first-order valence-electron chi connectivity index (χ1n) is 6.34. The molecule has 106 valence electrons. The summed E-state index contributed by atoms with van der Waals surface area (Å²) in [5, 5.41) is -0.259. The van der Waals surface area contributed by atoms with Crippen LogP contribution in [0.5, 0.6) is 0 Å². The molecule has 2 heterocycles. The van der Waals surface area contributed by atoms with Crippen LogP contribution in [0.1, 0.15) is 20.3 Å². The van der Waals surface area contributed by atoms with Crippen molar-refractivity contribution in [3.63, 3.8) is 0 Å². The van der Waals surface area contributed by atoms with Crippen LogP contribution in [-0.4, -0.2) is 42.0 Å². The molecule has 1 aromatic heterocycles. The third-order valence-corrected chi connectivity index (χ3v) is 5.21. The molecule has 0 N–H and O–H groups in total. The van der Waals surface area contributed by atoms with Crippen LogP contribution >= 0.6 is 0 Å². The quantitative estimate of drug-likeness (QED) is 0.790. The summed E-state index contributed by atoms with van der Waals surface area (Å²) >= 11 is 0. The van der Waals surface area contributed by atoms with Gasteiger partial charge in [0.25, 0.3) is 15.2 Å². The lowest BCUT2D eigenvalue weighted by Crippen LogP contribution is -2.46. The van der Waals surface area contributed by atoms with E-state index < -0.39 is 16.2 Å². The van der Waals surface area contributed by atoms with Gasteiger partial charge in [0, 0.05) is 25.5 Å². The largest absolute Gasteiger partial charge is 0.278 e. The third-order valence-electron chi connectivity index (χ3n) is 3.52. The molecule has 0 bridgehead atoms. The van der Waals surface area contributed by atoms with Gasteiger partial charge in [-0.2, -0.15) is 4.31 Å². The number of sulfonamides is 1. The maximum Gasteiger partial charge on any atom is 0.278 e. The van der Waals surface area contributed by atoms with E-state index in [0.717, 1.165) is 4.31 Å². The zero-order valence-corrected chi connectivity index (χ0v) is 11.8. The van der Waals surface area contributed by atoms with Crippen molar-refractivity contribution in [3.8, 4) is 0 Å². The predicted molar refractivity (Wildman–Crippen MR) is 68.6 cm³/mol. The number of hydrogen-bond donors (Lipinski definition) is 0. The molecule has 0 radical (unpaired) electrons. The number of nitrogens with zero attached hydrogens (tertiary/aromatic N) is 3. The van der Waals surface area contributed by atoms with E-state index in [-0.39, 0.29) is 23.5 Å². The van der Waals surface area contributed by atoms with Gasteiger partial charge in [-0.3, -0.25) is 0 Å². The summed E-state index contributed by atoms with van der Waals surface area (Å²) in [5.41, 5.74) is 0. The van der Waals surface area contributed by atoms with Crippen LogP contribution < -0.4 is 0 Å². The van der Waals surface area contributed by atoms with E-state index in [1.54, 1.807) is 6.07 Å². The summed E-state index contributed by atoms with van der Waals surface area (Å²) in [7, 11) is -3.77. The van der Waals surface area contributed by atoms with Crippen molar-refractivity contribution >= 4 is 10.0 Å². The fraction of sp³-hybridized carbons (Fsp3) is 0.667. The first kappa shape index (κ1) is 14.3. The van der Waals surface area contributed by atoms with E-state index in [2.05, 4.69) is 9.97 Å². The van der Waals surface area contributed by atoms with Crippen LogP contribution in [0.25, 0.3) is 0 Å². The van der Waals surface area contributed by atoms with Gasteiger partial charge in [-0.05, 0) is 24.3 Å². The Hall–Kier alpha value is -1.08. The average Bonchev–Trinajstić information content (AvgIpc) is 2.39. The van der Waals surface area contributed by atoms with E-state index in [0.29, 0.717) is 13.0 Å². The Morgan fingerprint density at radius 2 is 2.00 bits per heavy atom. The standard InChI is InChI=1S/C12H18FN3O2S/c1-9(2)10-4-7-16(8-11(10)13)19(17,18)12-14-5-3-6-15-12/h3,5-6,9-11H,4,7-8H2,1-2H3/t10-,11+/m1/s1.